The fourth-order valence-corrected chi connectivity index (χ4v) is 2.20. The van der Waals surface area contributed by atoms with Gasteiger partial charge in [0.1, 0.15) is 5.82 Å². The molecule has 1 aromatic carbocycles. The van der Waals surface area contributed by atoms with E-state index in [2.05, 4.69) is 9.55 Å². The highest BCUT2D eigenvalue weighted by Gasteiger charge is 2.21. The Morgan fingerprint density at radius 3 is 3.19 bits per heavy atom. The second-order valence-electron chi connectivity index (χ2n) is 3.97. The van der Waals surface area contributed by atoms with E-state index < -0.39 is 0 Å². The molecule has 4 heteroatoms. The lowest BCUT2D eigenvalue weighted by atomic mass is 10.2. The predicted octanol–water partition coefficient (Wildman–Crippen LogP) is 2.56. The predicted molar refractivity (Wildman–Crippen MR) is 63.6 cm³/mol. The highest BCUT2D eigenvalue weighted by atomic mass is 35.5. The van der Waals surface area contributed by atoms with Crippen molar-refractivity contribution in [1.29, 1.82) is 0 Å². The standard InChI is InChI=1S/C12H13ClN2O/c13-7-12-14-10-3-1-2-4-11(10)15(12)8-9-5-6-16-9/h1-4,9H,5-8H2/i2D. The van der Waals surface area contributed by atoms with Gasteiger partial charge in [-0.2, -0.15) is 0 Å². The molecule has 0 saturated carbocycles. The van der Waals surface area contributed by atoms with Gasteiger partial charge in [0.2, 0.25) is 0 Å². The molecule has 1 aromatic heterocycles. The van der Waals surface area contributed by atoms with Crippen LogP contribution in [0.25, 0.3) is 11.0 Å². The van der Waals surface area contributed by atoms with Crippen LogP contribution < -0.4 is 0 Å². The normalized spacial score (nSPS) is 20.8. The number of ether oxygens (including phenoxy) is 1. The molecule has 3 nitrogen and oxygen atoms in total. The molecule has 0 aliphatic carbocycles. The van der Waals surface area contributed by atoms with Crippen LogP contribution in [0.1, 0.15) is 13.6 Å². The number of hydrogen-bond donors (Lipinski definition) is 0. The topological polar surface area (TPSA) is 27.1 Å². The second kappa shape index (κ2) is 4.07. The molecule has 1 unspecified atom stereocenters. The summed E-state index contributed by atoms with van der Waals surface area (Å²) in [5, 5.41) is 0. The molecule has 84 valence electrons. The van der Waals surface area contributed by atoms with Gasteiger partial charge < -0.3 is 9.30 Å². The molecule has 1 atom stereocenters. The van der Waals surface area contributed by atoms with Crippen molar-refractivity contribution in [3.63, 3.8) is 0 Å². The first-order chi connectivity index (χ1) is 8.28. The smallest absolute Gasteiger partial charge is 0.124 e. The van der Waals surface area contributed by atoms with Crippen molar-refractivity contribution in [2.45, 2.75) is 24.9 Å². The van der Waals surface area contributed by atoms with Crippen molar-refractivity contribution in [2.24, 2.45) is 0 Å². The fourth-order valence-electron chi connectivity index (χ4n) is 2.00. The zero-order valence-electron chi connectivity index (χ0n) is 9.82. The lowest BCUT2D eigenvalue weighted by molar-refractivity contribution is -0.0589. The van der Waals surface area contributed by atoms with Crippen molar-refractivity contribution in [2.75, 3.05) is 6.61 Å². The third-order valence-corrected chi connectivity index (χ3v) is 3.21. The van der Waals surface area contributed by atoms with E-state index in [-0.39, 0.29) is 6.10 Å². The minimum absolute atomic E-state index is 0.267. The summed E-state index contributed by atoms with van der Waals surface area (Å²) in [5.74, 6) is 1.23. The van der Waals surface area contributed by atoms with E-state index in [1.807, 2.05) is 12.1 Å². The molecule has 16 heavy (non-hydrogen) atoms. The summed E-state index contributed by atoms with van der Waals surface area (Å²) in [7, 11) is 0. The Balaban J connectivity index is 2.07. The van der Waals surface area contributed by atoms with Gasteiger partial charge in [0.15, 0.2) is 0 Å². The molecule has 0 bridgehead atoms. The average Bonchev–Trinajstić information content (AvgIpc) is 2.61. The maximum Gasteiger partial charge on any atom is 0.124 e. The largest absolute Gasteiger partial charge is 0.376 e. The first-order valence-corrected chi connectivity index (χ1v) is 5.94. The number of hydrogen-bond acceptors (Lipinski definition) is 2. The molecule has 2 aromatic rings. The molecule has 0 spiro atoms. The second-order valence-corrected chi connectivity index (χ2v) is 4.24. The summed E-state index contributed by atoms with van der Waals surface area (Å²) < 4.78 is 15.2. The van der Waals surface area contributed by atoms with Crippen LogP contribution >= 0.6 is 11.6 Å². The zero-order valence-corrected chi connectivity index (χ0v) is 9.57. The van der Waals surface area contributed by atoms with E-state index in [0.29, 0.717) is 11.9 Å². The number of alkyl halides is 1. The van der Waals surface area contributed by atoms with Crippen LogP contribution in [0.5, 0.6) is 0 Å². The maximum absolute atomic E-state index is 7.68. The van der Waals surface area contributed by atoms with Gasteiger partial charge in [-0.3, -0.25) is 0 Å². The quantitative estimate of drug-likeness (QED) is 0.768. The number of nitrogens with zero attached hydrogens (tertiary/aromatic N) is 2. The van der Waals surface area contributed by atoms with Gasteiger partial charge in [-0.25, -0.2) is 4.98 Å². The van der Waals surface area contributed by atoms with E-state index in [4.69, 9.17) is 17.7 Å². The zero-order chi connectivity index (χ0) is 11.8. The Bertz CT molecular complexity index is 551. The fraction of sp³-hybridized carbons (Fsp3) is 0.417. The first kappa shape index (κ1) is 9.02. The summed E-state index contributed by atoms with van der Waals surface area (Å²) >= 11 is 5.92. The lowest BCUT2D eigenvalue weighted by Gasteiger charge is -2.27. The Kier molecular flexibility index (Phi) is 2.30. The number of rotatable bonds is 3. The van der Waals surface area contributed by atoms with Crippen molar-refractivity contribution in [3.8, 4) is 0 Å². The Labute approximate surface area is 100 Å². The number of para-hydroxylation sites is 2. The summed E-state index contributed by atoms with van der Waals surface area (Å²) in [5.41, 5.74) is 1.87. The number of imidazole rings is 1. The van der Waals surface area contributed by atoms with E-state index in [0.717, 1.165) is 36.4 Å². The molecular weight excluding hydrogens is 224 g/mol. The Morgan fingerprint density at radius 2 is 2.50 bits per heavy atom. The molecule has 0 N–H and O–H groups in total. The average molecular weight is 238 g/mol. The number of halogens is 1. The first-order valence-electron chi connectivity index (χ1n) is 5.91. The number of aromatic nitrogens is 2. The molecule has 1 aliphatic heterocycles. The molecule has 1 saturated heterocycles. The SMILES string of the molecule is [2H]c1ccc2nc(CCl)n(CC3CCO3)c2c1. The van der Waals surface area contributed by atoms with Gasteiger partial charge in [0, 0.05) is 6.61 Å². The minimum Gasteiger partial charge on any atom is -0.376 e. The van der Waals surface area contributed by atoms with Crippen molar-refractivity contribution < 1.29 is 6.11 Å². The van der Waals surface area contributed by atoms with Crippen LogP contribution in [0.2, 0.25) is 0 Å². The minimum atomic E-state index is 0.267. The summed E-state index contributed by atoms with van der Waals surface area (Å²) in [6.45, 7) is 1.62. The van der Waals surface area contributed by atoms with Crippen LogP contribution in [-0.4, -0.2) is 22.3 Å². The van der Waals surface area contributed by atoms with E-state index >= 15 is 0 Å². The van der Waals surface area contributed by atoms with E-state index in [1.54, 1.807) is 6.07 Å². The van der Waals surface area contributed by atoms with Crippen LogP contribution in [0.3, 0.4) is 0 Å². The van der Waals surface area contributed by atoms with Gasteiger partial charge in [-0.1, -0.05) is 12.1 Å². The summed E-state index contributed by atoms with van der Waals surface area (Å²) in [6, 6.07) is 5.94. The molecule has 1 aliphatic rings. The van der Waals surface area contributed by atoms with Crippen LogP contribution in [0.15, 0.2) is 24.2 Å². The highest BCUT2D eigenvalue weighted by molar-refractivity contribution is 6.16. The number of benzene rings is 1. The highest BCUT2D eigenvalue weighted by Crippen LogP contribution is 2.21. The summed E-state index contributed by atoms with van der Waals surface area (Å²) in [6.07, 6.45) is 1.35. The molecule has 3 rings (SSSR count). The van der Waals surface area contributed by atoms with Gasteiger partial charge in [-0.05, 0) is 18.6 Å². The van der Waals surface area contributed by atoms with Gasteiger partial charge >= 0.3 is 0 Å². The van der Waals surface area contributed by atoms with Crippen molar-refractivity contribution in [3.05, 3.63) is 30.1 Å². The van der Waals surface area contributed by atoms with Gasteiger partial charge in [0.05, 0.1) is 30.9 Å². The van der Waals surface area contributed by atoms with Crippen LogP contribution in [-0.2, 0) is 17.2 Å². The van der Waals surface area contributed by atoms with Gasteiger partial charge in [-0.15, -0.1) is 11.6 Å². The van der Waals surface area contributed by atoms with Crippen molar-refractivity contribution in [1.82, 2.24) is 9.55 Å². The third kappa shape index (κ3) is 1.60. The number of fused-ring (bicyclic) bond motifs is 1. The van der Waals surface area contributed by atoms with Crippen molar-refractivity contribution >= 4 is 22.6 Å². The maximum atomic E-state index is 7.68. The lowest BCUT2D eigenvalue weighted by Crippen LogP contribution is -2.31. The molecule has 0 amide bonds. The van der Waals surface area contributed by atoms with Crippen LogP contribution in [0, 0.1) is 0 Å². The molecular formula is C12H13ClN2O. The van der Waals surface area contributed by atoms with E-state index in [1.165, 1.54) is 0 Å². The monoisotopic (exact) mass is 237 g/mol. The van der Waals surface area contributed by atoms with Crippen LogP contribution in [0.4, 0.5) is 0 Å². The molecule has 1 fully saturated rings. The van der Waals surface area contributed by atoms with Gasteiger partial charge in [0.25, 0.3) is 0 Å². The summed E-state index contributed by atoms with van der Waals surface area (Å²) in [4.78, 5) is 4.48. The Hall–Kier alpha value is -1.06. The molecule has 2 heterocycles. The third-order valence-electron chi connectivity index (χ3n) is 2.97. The van der Waals surface area contributed by atoms with E-state index in [9.17, 15) is 0 Å². The molecule has 0 radical (unpaired) electrons. The Morgan fingerprint density at radius 1 is 1.62 bits per heavy atom.